The third-order valence-electron chi connectivity index (χ3n) is 16.5. The molecule has 1 aliphatic rings. The van der Waals surface area contributed by atoms with Crippen LogP contribution in [0.4, 0.5) is 34.1 Å². The predicted octanol–water partition coefficient (Wildman–Crippen LogP) is 21.4. The van der Waals surface area contributed by atoms with E-state index in [0.717, 1.165) is 78.4 Å². The van der Waals surface area contributed by atoms with Crippen molar-refractivity contribution < 1.29 is 8.83 Å². The molecule has 0 saturated heterocycles. The summed E-state index contributed by atoms with van der Waals surface area (Å²) in [5.74, 6) is 0.877. The number of furan rings is 2. The fourth-order valence-electron chi connectivity index (χ4n) is 12.8. The zero-order chi connectivity index (χ0) is 52.2. The second-order valence-electron chi connectivity index (χ2n) is 21.3. The summed E-state index contributed by atoms with van der Waals surface area (Å²) in [5, 5.41) is 13.0. The molecule has 12 aromatic carbocycles. The van der Waals surface area contributed by atoms with Crippen LogP contribution in [0.2, 0.25) is 0 Å². The molecule has 15 rings (SSSR count). The molecule has 14 aromatic rings. The van der Waals surface area contributed by atoms with Gasteiger partial charge in [0.15, 0.2) is 0 Å². The molecule has 4 heteroatoms. The highest BCUT2D eigenvalue weighted by Crippen LogP contribution is 2.56. The second-order valence-corrected chi connectivity index (χ2v) is 21.3. The van der Waals surface area contributed by atoms with Crippen molar-refractivity contribution in [3.63, 3.8) is 0 Å². The summed E-state index contributed by atoms with van der Waals surface area (Å²) in [5.41, 5.74) is 17.2. The van der Waals surface area contributed by atoms with Crippen LogP contribution in [0.1, 0.15) is 36.3 Å². The largest absolute Gasteiger partial charge is 0.461 e. The van der Waals surface area contributed by atoms with Crippen molar-refractivity contribution in [1.82, 2.24) is 0 Å². The van der Waals surface area contributed by atoms with Crippen LogP contribution in [0.3, 0.4) is 0 Å². The highest BCUT2D eigenvalue weighted by Gasteiger charge is 2.37. The lowest BCUT2D eigenvalue weighted by atomic mass is 9.66. The molecule has 0 radical (unpaired) electrons. The number of anilines is 6. The van der Waals surface area contributed by atoms with Crippen LogP contribution < -0.4 is 9.80 Å². The van der Waals surface area contributed by atoms with Gasteiger partial charge >= 0.3 is 0 Å². The molecule has 0 spiro atoms. The fraction of sp³-hybridized carbons (Fsp3) is 0.0541. The second kappa shape index (κ2) is 17.6. The first-order chi connectivity index (χ1) is 38.3. The van der Waals surface area contributed by atoms with E-state index in [2.05, 4.69) is 261 Å². The maximum atomic E-state index is 6.37. The van der Waals surface area contributed by atoms with Crippen LogP contribution >= 0.6 is 0 Å². The SMILES string of the molecule is C=C/C=C\c1c(C)oc2ccc(N(c3ccc4c(c3)C(C)(C)c3cccc5c3c-4c(-c3ccccc3)c3ccc(N(c4ccc6ccccc6c4)c4ccc6oc7ccccc7c6c4)cc35)c3ccc4ccccc4c3)cc12. The fourth-order valence-corrected chi connectivity index (χ4v) is 12.8. The Kier molecular flexibility index (Phi) is 10.3. The van der Waals surface area contributed by atoms with Crippen molar-refractivity contribution in [3.8, 4) is 22.3 Å². The minimum Gasteiger partial charge on any atom is -0.461 e. The van der Waals surface area contributed by atoms with Gasteiger partial charge in [0.25, 0.3) is 0 Å². The number of hydrogen-bond acceptors (Lipinski definition) is 4. The molecule has 2 heterocycles. The van der Waals surface area contributed by atoms with Gasteiger partial charge in [0.1, 0.15) is 22.5 Å². The minimum absolute atomic E-state index is 0.389. The van der Waals surface area contributed by atoms with Crippen molar-refractivity contribution in [1.29, 1.82) is 0 Å². The Morgan fingerprint density at radius 3 is 1.64 bits per heavy atom. The molecular formula is C74H52N2O2. The quantitative estimate of drug-likeness (QED) is 0.107. The molecule has 0 bridgehead atoms. The highest BCUT2D eigenvalue weighted by atomic mass is 16.3. The first-order valence-corrected chi connectivity index (χ1v) is 26.8. The van der Waals surface area contributed by atoms with Crippen LogP contribution in [0, 0.1) is 6.92 Å². The Bertz CT molecular complexity index is 4820. The van der Waals surface area contributed by atoms with Crippen LogP contribution in [-0.4, -0.2) is 0 Å². The van der Waals surface area contributed by atoms with E-state index < -0.39 is 0 Å². The number of benzene rings is 12. The topological polar surface area (TPSA) is 32.8 Å². The first kappa shape index (κ1) is 45.5. The van der Waals surface area contributed by atoms with Crippen molar-refractivity contribution in [2.24, 2.45) is 0 Å². The molecule has 370 valence electrons. The van der Waals surface area contributed by atoms with E-state index in [9.17, 15) is 0 Å². The normalized spacial score (nSPS) is 12.9. The van der Waals surface area contributed by atoms with Crippen molar-refractivity contribution >= 4 is 116 Å². The van der Waals surface area contributed by atoms with Gasteiger partial charge in [-0.3, -0.25) is 0 Å². The maximum Gasteiger partial charge on any atom is 0.135 e. The van der Waals surface area contributed by atoms with E-state index in [1.54, 1.807) is 0 Å². The Hall–Kier alpha value is -9.90. The Labute approximate surface area is 452 Å². The van der Waals surface area contributed by atoms with Crippen molar-refractivity contribution in [2.45, 2.75) is 26.2 Å². The lowest BCUT2D eigenvalue weighted by Gasteiger charge is -2.38. The van der Waals surface area contributed by atoms with Crippen LogP contribution in [0.25, 0.3) is 104 Å². The standard InChI is InChI=1S/C74H52N2O2/c1-5-6-23-58-46(2)77-69-38-34-55(43-64(58)69)76(53-31-29-48-18-11-13-22-51(48)41-53)57-33-37-62-67(45-57)74(3,4)66-26-16-25-60-63-42-54(32-36-61(63)71(73(62)72(60)66)49-19-8-7-9-20-49)75(52-30-28-47-17-10-12-21-50(47)40-52)56-35-39-70-65(44-56)59-24-14-15-27-68(59)78-70/h5-45H,1H2,2-4H3/b23-6-. The lowest BCUT2D eigenvalue weighted by Crippen LogP contribution is -2.24. The maximum absolute atomic E-state index is 6.37. The molecule has 0 N–H and O–H groups in total. The summed E-state index contributed by atoms with van der Waals surface area (Å²) in [6, 6.07) is 84.6. The molecule has 1 aliphatic carbocycles. The minimum atomic E-state index is -0.389. The van der Waals surface area contributed by atoms with E-state index in [0.29, 0.717) is 0 Å². The van der Waals surface area contributed by atoms with Crippen LogP contribution in [0.15, 0.2) is 258 Å². The summed E-state index contributed by atoms with van der Waals surface area (Å²) in [6.07, 6.45) is 5.88. The number of nitrogens with zero attached hydrogens (tertiary/aromatic N) is 2. The first-order valence-electron chi connectivity index (χ1n) is 26.8. The van der Waals surface area contributed by atoms with E-state index in [1.807, 2.05) is 25.1 Å². The van der Waals surface area contributed by atoms with Crippen molar-refractivity contribution in [3.05, 3.63) is 272 Å². The predicted molar refractivity (Wildman–Crippen MR) is 330 cm³/mol. The number of rotatable bonds is 9. The van der Waals surface area contributed by atoms with Gasteiger partial charge in [-0.1, -0.05) is 178 Å². The Morgan fingerprint density at radius 1 is 0.397 bits per heavy atom. The van der Waals surface area contributed by atoms with Gasteiger partial charge < -0.3 is 18.6 Å². The molecule has 0 fully saturated rings. The number of allylic oxidation sites excluding steroid dienone is 2. The monoisotopic (exact) mass is 1000 g/mol. The van der Waals surface area contributed by atoms with Gasteiger partial charge in [0.05, 0.1) is 0 Å². The van der Waals surface area contributed by atoms with Gasteiger partial charge in [-0.2, -0.15) is 0 Å². The van der Waals surface area contributed by atoms with Gasteiger partial charge in [-0.05, 0) is 174 Å². The lowest BCUT2D eigenvalue weighted by molar-refractivity contribution is 0.577. The Morgan fingerprint density at radius 2 is 0.936 bits per heavy atom. The van der Waals surface area contributed by atoms with Crippen molar-refractivity contribution in [2.75, 3.05) is 9.80 Å². The zero-order valence-electron chi connectivity index (χ0n) is 43.6. The van der Waals surface area contributed by atoms with E-state index in [4.69, 9.17) is 8.83 Å². The van der Waals surface area contributed by atoms with Crippen LogP contribution in [-0.2, 0) is 5.41 Å². The molecule has 2 aromatic heterocycles. The van der Waals surface area contributed by atoms with E-state index >= 15 is 0 Å². The molecule has 4 nitrogen and oxygen atoms in total. The van der Waals surface area contributed by atoms with Gasteiger partial charge in [-0.15, -0.1) is 0 Å². The van der Waals surface area contributed by atoms with Crippen LogP contribution in [0.5, 0.6) is 0 Å². The molecular weight excluding hydrogens is 949 g/mol. The Balaban J connectivity index is 0.963. The van der Waals surface area contributed by atoms with Gasteiger partial charge in [-0.25, -0.2) is 0 Å². The highest BCUT2D eigenvalue weighted by molar-refractivity contribution is 6.24. The van der Waals surface area contributed by atoms with Gasteiger partial charge in [0.2, 0.25) is 0 Å². The van der Waals surface area contributed by atoms with E-state index in [1.165, 1.54) is 76.5 Å². The average molecular weight is 1000 g/mol. The third-order valence-corrected chi connectivity index (χ3v) is 16.5. The number of hydrogen-bond donors (Lipinski definition) is 0. The summed E-state index contributed by atoms with van der Waals surface area (Å²) >= 11 is 0. The molecule has 0 unspecified atom stereocenters. The average Bonchev–Trinajstić information content (AvgIpc) is 4.03. The summed E-state index contributed by atoms with van der Waals surface area (Å²) < 4.78 is 12.7. The molecule has 0 saturated carbocycles. The summed E-state index contributed by atoms with van der Waals surface area (Å²) in [4.78, 5) is 4.83. The molecule has 0 atom stereocenters. The molecule has 0 aliphatic heterocycles. The van der Waals surface area contributed by atoms with E-state index in [-0.39, 0.29) is 5.41 Å². The molecule has 0 amide bonds. The van der Waals surface area contributed by atoms with Gasteiger partial charge in [0, 0.05) is 61.3 Å². The summed E-state index contributed by atoms with van der Waals surface area (Å²) in [7, 11) is 0. The smallest absolute Gasteiger partial charge is 0.135 e. The number of aryl methyl sites for hydroxylation is 1. The molecule has 78 heavy (non-hydrogen) atoms. The zero-order valence-corrected chi connectivity index (χ0v) is 43.6. The summed E-state index contributed by atoms with van der Waals surface area (Å²) in [6.45, 7) is 10.8. The third kappa shape index (κ3) is 7.07. The number of fused-ring (bicyclic) bond motifs is 10. The number of para-hydroxylation sites is 1.